The number of likely N-dealkylation sites (N-methyl/N-ethyl adjacent to an activating group) is 1. The molecule has 6 nitrogen and oxygen atoms in total. The second-order valence-electron chi connectivity index (χ2n) is 5.77. The van der Waals surface area contributed by atoms with Crippen LogP contribution in [0.25, 0.3) is 0 Å². The van der Waals surface area contributed by atoms with Crippen LogP contribution >= 0.6 is 0 Å². The molecule has 1 atom stereocenters. The van der Waals surface area contributed by atoms with Gasteiger partial charge in [-0.15, -0.1) is 0 Å². The van der Waals surface area contributed by atoms with Crippen molar-refractivity contribution in [3.8, 4) is 0 Å². The molecule has 1 aliphatic rings. The van der Waals surface area contributed by atoms with Gasteiger partial charge in [-0.25, -0.2) is 18.1 Å². The molecule has 1 aromatic heterocycles. The van der Waals surface area contributed by atoms with Crippen molar-refractivity contribution < 1.29 is 8.42 Å². The van der Waals surface area contributed by atoms with E-state index in [0.717, 1.165) is 11.3 Å². The third kappa shape index (κ3) is 2.74. The second kappa shape index (κ2) is 5.40. The number of nitrogens with zero attached hydrogens (tertiary/aromatic N) is 3. The van der Waals surface area contributed by atoms with Crippen LogP contribution in [0.1, 0.15) is 11.4 Å². The normalized spacial score (nSPS) is 18.3. The van der Waals surface area contributed by atoms with E-state index in [0.29, 0.717) is 18.8 Å². The van der Waals surface area contributed by atoms with Gasteiger partial charge >= 0.3 is 0 Å². The zero-order valence-electron chi connectivity index (χ0n) is 12.9. The van der Waals surface area contributed by atoms with Crippen molar-refractivity contribution >= 4 is 15.7 Å². The summed E-state index contributed by atoms with van der Waals surface area (Å²) in [4.78, 5) is 6.19. The minimum Gasteiger partial charge on any atom is -0.373 e. The predicted octanol–water partition coefficient (Wildman–Crippen LogP) is 1.07. The van der Waals surface area contributed by atoms with Gasteiger partial charge in [0.15, 0.2) is 5.03 Å². The lowest BCUT2D eigenvalue weighted by atomic mass is 9.99. The van der Waals surface area contributed by atoms with Crippen LogP contribution in [0, 0.1) is 6.92 Å². The number of imidazole rings is 1. The molecule has 0 aliphatic carbocycles. The van der Waals surface area contributed by atoms with Crippen LogP contribution in [0.3, 0.4) is 0 Å². The SMILES string of the molecule is Cc1nc(S(=O)(=O)NC2Cc3ccccc3N(C)C2)cn1C. The van der Waals surface area contributed by atoms with E-state index in [1.54, 1.807) is 18.5 Å². The molecule has 1 unspecified atom stereocenters. The Balaban J connectivity index is 1.82. The largest absolute Gasteiger partial charge is 0.373 e. The van der Waals surface area contributed by atoms with Crippen molar-refractivity contribution in [1.82, 2.24) is 14.3 Å². The molecule has 118 valence electrons. The number of aryl methyl sites for hydroxylation is 2. The molecule has 0 amide bonds. The van der Waals surface area contributed by atoms with E-state index < -0.39 is 10.0 Å². The second-order valence-corrected chi connectivity index (χ2v) is 7.43. The fourth-order valence-corrected chi connectivity index (χ4v) is 4.10. The Labute approximate surface area is 130 Å². The molecule has 0 bridgehead atoms. The highest BCUT2D eigenvalue weighted by atomic mass is 32.2. The minimum absolute atomic E-state index is 0.0778. The third-order valence-corrected chi connectivity index (χ3v) is 5.44. The van der Waals surface area contributed by atoms with E-state index in [4.69, 9.17) is 0 Å². The molecule has 2 heterocycles. The summed E-state index contributed by atoms with van der Waals surface area (Å²) in [6.45, 7) is 2.42. The summed E-state index contributed by atoms with van der Waals surface area (Å²) in [7, 11) is 0.164. The van der Waals surface area contributed by atoms with Gasteiger partial charge in [-0.05, 0) is 25.0 Å². The van der Waals surface area contributed by atoms with Crippen molar-refractivity contribution in [2.75, 3.05) is 18.5 Å². The Bertz CT molecular complexity index is 778. The lowest BCUT2D eigenvalue weighted by molar-refractivity contribution is 0.532. The van der Waals surface area contributed by atoms with Gasteiger partial charge < -0.3 is 9.47 Å². The molecular weight excluding hydrogens is 300 g/mol. The predicted molar refractivity (Wildman–Crippen MR) is 85.5 cm³/mol. The summed E-state index contributed by atoms with van der Waals surface area (Å²) in [5, 5.41) is 0.0778. The minimum atomic E-state index is -3.60. The van der Waals surface area contributed by atoms with Crippen LogP contribution in [0.15, 0.2) is 35.5 Å². The molecule has 1 aromatic carbocycles. The van der Waals surface area contributed by atoms with E-state index in [9.17, 15) is 8.42 Å². The molecule has 7 heteroatoms. The van der Waals surface area contributed by atoms with Crippen LogP contribution in [-0.4, -0.2) is 37.6 Å². The molecule has 3 rings (SSSR count). The summed E-state index contributed by atoms with van der Waals surface area (Å²) in [5.41, 5.74) is 2.31. The van der Waals surface area contributed by atoms with Crippen LogP contribution in [0.4, 0.5) is 5.69 Å². The molecule has 0 saturated heterocycles. The number of anilines is 1. The first-order valence-corrected chi connectivity index (χ1v) is 8.66. The maximum absolute atomic E-state index is 12.5. The summed E-state index contributed by atoms with van der Waals surface area (Å²) in [5.74, 6) is 0.673. The highest BCUT2D eigenvalue weighted by Gasteiger charge is 2.28. The molecule has 2 aromatic rings. The lowest BCUT2D eigenvalue weighted by Crippen LogP contribution is -2.47. The number of fused-ring (bicyclic) bond motifs is 1. The highest BCUT2D eigenvalue weighted by molar-refractivity contribution is 7.89. The fraction of sp³-hybridized carbons (Fsp3) is 0.400. The Morgan fingerprint density at radius 3 is 2.68 bits per heavy atom. The number of hydrogen-bond donors (Lipinski definition) is 1. The average molecular weight is 320 g/mol. The van der Waals surface area contributed by atoms with Gasteiger partial charge in [0.2, 0.25) is 0 Å². The van der Waals surface area contributed by atoms with Gasteiger partial charge in [-0.3, -0.25) is 0 Å². The van der Waals surface area contributed by atoms with Gasteiger partial charge in [-0.1, -0.05) is 18.2 Å². The van der Waals surface area contributed by atoms with Crippen LogP contribution < -0.4 is 9.62 Å². The molecule has 0 saturated carbocycles. The number of para-hydroxylation sites is 1. The standard InChI is InChI=1S/C15H20N4O2S/c1-11-16-15(10-18(11)2)22(20,21)17-13-8-12-6-4-5-7-14(12)19(3)9-13/h4-7,10,13,17H,8-9H2,1-3H3. The van der Waals surface area contributed by atoms with Crippen LogP contribution in [0.5, 0.6) is 0 Å². The van der Waals surface area contributed by atoms with Crippen molar-refractivity contribution in [2.24, 2.45) is 7.05 Å². The summed E-state index contributed by atoms with van der Waals surface area (Å²) < 4.78 is 29.4. The number of benzene rings is 1. The molecular formula is C15H20N4O2S. The third-order valence-electron chi connectivity index (χ3n) is 4.05. The highest BCUT2D eigenvalue weighted by Crippen LogP contribution is 2.26. The quantitative estimate of drug-likeness (QED) is 0.918. The molecule has 0 spiro atoms. The first-order valence-electron chi connectivity index (χ1n) is 7.18. The molecule has 1 aliphatic heterocycles. The van der Waals surface area contributed by atoms with Gasteiger partial charge in [0.1, 0.15) is 5.82 Å². The van der Waals surface area contributed by atoms with Gasteiger partial charge in [0, 0.05) is 38.6 Å². The van der Waals surface area contributed by atoms with Gasteiger partial charge in [-0.2, -0.15) is 0 Å². The van der Waals surface area contributed by atoms with Crippen molar-refractivity contribution in [3.05, 3.63) is 41.9 Å². The number of nitrogens with one attached hydrogen (secondary N) is 1. The van der Waals surface area contributed by atoms with E-state index in [1.807, 2.05) is 25.2 Å². The lowest BCUT2D eigenvalue weighted by Gasteiger charge is -2.33. The average Bonchev–Trinajstić information content (AvgIpc) is 2.79. The zero-order valence-corrected chi connectivity index (χ0v) is 13.8. The topological polar surface area (TPSA) is 67.2 Å². The van der Waals surface area contributed by atoms with E-state index >= 15 is 0 Å². The Morgan fingerprint density at radius 1 is 1.27 bits per heavy atom. The molecule has 0 radical (unpaired) electrons. The summed E-state index contributed by atoms with van der Waals surface area (Å²) in [6.07, 6.45) is 2.23. The van der Waals surface area contributed by atoms with Crippen LogP contribution in [0.2, 0.25) is 0 Å². The van der Waals surface area contributed by atoms with Crippen LogP contribution in [-0.2, 0) is 23.5 Å². The summed E-state index contributed by atoms with van der Waals surface area (Å²) in [6, 6.07) is 7.91. The Kier molecular flexibility index (Phi) is 3.70. The van der Waals surface area contributed by atoms with Gasteiger partial charge in [0.05, 0.1) is 0 Å². The van der Waals surface area contributed by atoms with E-state index in [-0.39, 0.29) is 11.1 Å². The molecule has 0 fully saturated rings. The number of aromatic nitrogens is 2. The Morgan fingerprint density at radius 2 is 2.00 bits per heavy atom. The monoisotopic (exact) mass is 320 g/mol. The van der Waals surface area contributed by atoms with Crippen molar-refractivity contribution in [3.63, 3.8) is 0 Å². The number of sulfonamides is 1. The number of hydrogen-bond acceptors (Lipinski definition) is 4. The first-order chi connectivity index (χ1) is 10.4. The first kappa shape index (κ1) is 15.1. The van der Waals surface area contributed by atoms with E-state index in [2.05, 4.69) is 20.7 Å². The van der Waals surface area contributed by atoms with Crippen molar-refractivity contribution in [1.29, 1.82) is 0 Å². The van der Waals surface area contributed by atoms with Gasteiger partial charge in [0.25, 0.3) is 10.0 Å². The fourth-order valence-electron chi connectivity index (χ4n) is 2.83. The van der Waals surface area contributed by atoms with Crippen molar-refractivity contribution in [2.45, 2.75) is 24.4 Å². The molecule has 22 heavy (non-hydrogen) atoms. The smallest absolute Gasteiger partial charge is 0.259 e. The maximum atomic E-state index is 12.5. The maximum Gasteiger partial charge on any atom is 0.259 e. The molecule has 1 N–H and O–H groups in total. The zero-order chi connectivity index (χ0) is 15.9. The summed E-state index contributed by atoms with van der Waals surface area (Å²) >= 11 is 0. The Hall–Kier alpha value is -1.86. The van der Waals surface area contributed by atoms with E-state index in [1.165, 1.54) is 6.20 Å². The number of rotatable bonds is 3.